The van der Waals surface area contributed by atoms with Gasteiger partial charge in [0.2, 0.25) is 0 Å². The number of nitrogens with zero attached hydrogens (tertiary/aromatic N) is 3. The van der Waals surface area contributed by atoms with Crippen LogP contribution in [-0.4, -0.2) is 16.1 Å². The highest BCUT2D eigenvalue weighted by Gasteiger charge is 2.16. The molecule has 0 aromatic heterocycles. The molecule has 0 radical (unpaired) electrons. The Balaban J connectivity index is 1.42. The SMILES string of the molecule is CCCCCCCCCCCCN=c1cc2n(-c3ccccc3)c3ccccc3nc-2cc1Nc1ccccc1. The summed E-state index contributed by atoms with van der Waals surface area (Å²) < 4.78 is 2.31. The molecule has 1 aliphatic heterocycles. The molecule has 0 fully saturated rings. The number of aromatic nitrogens is 2. The summed E-state index contributed by atoms with van der Waals surface area (Å²) in [7, 11) is 0. The van der Waals surface area contributed by atoms with E-state index in [0.717, 1.165) is 57.8 Å². The summed E-state index contributed by atoms with van der Waals surface area (Å²) in [6.45, 7) is 3.11. The van der Waals surface area contributed by atoms with Gasteiger partial charge in [0.25, 0.3) is 0 Å². The third-order valence-corrected chi connectivity index (χ3v) is 7.56. The minimum Gasteiger partial charge on any atom is -0.354 e. The molecule has 1 N–H and O–H groups in total. The maximum Gasteiger partial charge on any atom is 0.0900 e. The number of anilines is 2. The molecule has 0 saturated carbocycles. The van der Waals surface area contributed by atoms with E-state index in [1.54, 1.807) is 0 Å². The predicted octanol–water partition coefficient (Wildman–Crippen LogP) is 9.70. The number of fused-ring (bicyclic) bond motifs is 2. The van der Waals surface area contributed by atoms with Crippen LogP contribution in [-0.2, 0) is 0 Å². The Kier molecular flexibility index (Phi) is 9.99. The largest absolute Gasteiger partial charge is 0.354 e. The number of para-hydroxylation sites is 4. The molecule has 0 amide bonds. The molecule has 0 bridgehead atoms. The third kappa shape index (κ3) is 7.18. The summed E-state index contributed by atoms with van der Waals surface area (Å²) in [4.78, 5) is 10.2. The average molecular weight is 531 g/mol. The van der Waals surface area contributed by atoms with Crippen molar-refractivity contribution in [3.63, 3.8) is 0 Å². The van der Waals surface area contributed by atoms with E-state index in [1.807, 2.05) is 6.07 Å². The smallest absolute Gasteiger partial charge is 0.0900 e. The maximum absolute atomic E-state index is 5.13. The van der Waals surface area contributed by atoms with Gasteiger partial charge >= 0.3 is 0 Å². The first-order valence-electron chi connectivity index (χ1n) is 15.2. The lowest BCUT2D eigenvalue weighted by molar-refractivity contribution is 0.557. The highest BCUT2D eigenvalue weighted by atomic mass is 15.0. The summed E-state index contributed by atoms with van der Waals surface area (Å²) in [6, 6.07) is 33.6. The number of hydrogen-bond acceptors (Lipinski definition) is 3. The third-order valence-electron chi connectivity index (χ3n) is 7.56. The lowest BCUT2D eigenvalue weighted by Gasteiger charge is -2.20. The van der Waals surface area contributed by atoms with Crippen LogP contribution in [0.2, 0.25) is 0 Å². The molecule has 2 aliphatic rings. The Morgan fingerprint density at radius 2 is 1.30 bits per heavy atom. The van der Waals surface area contributed by atoms with Crippen molar-refractivity contribution >= 4 is 22.4 Å². The van der Waals surface area contributed by atoms with E-state index >= 15 is 0 Å². The molecule has 0 spiro atoms. The predicted molar refractivity (Wildman–Crippen MR) is 170 cm³/mol. The van der Waals surface area contributed by atoms with Crippen molar-refractivity contribution in [2.45, 2.75) is 71.1 Å². The molecule has 3 aromatic carbocycles. The van der Waals surface area contributed by atoms with Crippen LogP contribution < -0.4 is 10.7 Å². The maximum atomic E-state index is 5.13. The molecular weight excluding hydrogens is 488 g/mol. The lowest BCUT2D eigenvalue weighted by Crippen LogP contribution is -2.15. The topological polar surface area (TPSA) is 42.2 Å². The first-order valence-corrected chi connectivity index (χ1v) is 15.2. The summed E-state index contributed by atoms with van der Waals surface area (Å²) in [6.07, 6.45) is 13.3. The van der Waals surface area contributed by atoms with Gasteiger partial charge in [0.05, 0.1) is 33.5 Å². The fourth-order valence-electron chi connectivity index (χ4n) is 5.40. The lowest BCUT2D eigenvalue weighted by atomic mass is 10.1. The Labute approximate surface area is 239 Å². The molecule has 5 rings (SSSR count). The van der Waals surface area contributed by atoms with Gasteiger partial charge in [0.1, 0.15) is 0 Å². The number of hydrogen-bond donors (Lipinski definition) is 1. The Morgan fingerprint density at radius 1 is 0.675 bits per heavy atom. The summed E-state index contributed by atoms with van der Waals surface area (Å²) >= 11 is 0. The van der Waals surface area contributed by atoms with E-state index in [2.05, 4.69) is 108 Å². The van der Waals surface area contributed by atoms with Gasteiger partial charge in [0, 0.05) is 17.9 Å². The number of unbranched alkanes of at least 4 members (excludes halogenated alkanes) is 9. The van der Waals surface area contributed by atoms with Crippen molar-refractivity contribution in [1.29, 1.82) is 0 Å². The van der Waals surface area contributed by atoms with Crippen LogP contribution >= 0.6 is 0 Å². The molecule has 3 aromatic rings. The van der Waals surface area contributed by atoms with Crippen molar-refractivity contribution in [3.8, 4) is 17.1 Å². The second kappa shape index (κ2) is 14.5. The second-order valence-corrected chi connectivity index (χ2v) is 10.7. The van der Waals surface area contributed by atoms with Crippen molar-refractivity contribution in [3.05, 3.63) is 102 Å². The molecular formula is C36H42N4. The van der Waals surface area contributed by atoms with Gasteiger partial charge < -0.3 is 9.88 Å². The van der Waals surface area contributed by atoms with Gasteiger partial charge in [-0.05, 0) is 55.0 Å². The number of benzene rings is 4. The Morgan fingerprint density at radius 3 is 2.02 bits per heavy atom. The van der Waals surface area contributed by atoms with Gasteiger partial charge in [-0.15, -0.1) is 0 Å². The van der Waals surface area contributed by atoms with Gasteiger partial charge in [-0.1, -0.05) is 113 Å². The van der Waals surface area contributed by atoms with Crippen LogP contribution in [0.5, 0.6) is 0 Å². The minimum absolute atomic E-state index is 0.831. The molecule has 206 valence electrons. The van der Waals surface area contributed by atoms with Crippen molar-refractivity contribution in [2.75, 3.05) is 11.9 Å². The van der Waals surface area contributed by atoms with Crippen molar-refractivity contribution < 1.29 is 0 Å². The fraction of sp³-hybridized carbons (Fsp3) is 0.333. The minimum atomic E-state index is 0.831. The number of nitrogens with one attached hydrogen (secondary N) is 1. The van der Waals surface area contributed by atoms with E-state index in [1.165, 1.54) is 57.8 Å². The highest BCUT2D eigenvalue weighted by Crippen LogP contribution is 2.30. The fourth-order valence-corrected chi connectivity index (χ4v) is 5.40. The monoisotopic (exact) mass is 530 g/mol. The van der Waals surface area contributed by atoms with Gasteiger partial charge in [-0.2, -0.15) is 0 Å². The van der Waals surface area contributed by atoms with E-state index in [9.17, 15) is 0 Å². The zero-order chi connectivity index (χ0) is 27.4. The molecule has 40 heavy (non-hydrogen) atoms. The first kappa shape index (κ1) is 27.6. The van der Waals surface area contributed by atoms with Gasteiger partial charge in [-0.25, -0.2) is 4.98 Å². The van der Waals surface area contributed by atoms with E-state index in [4.69, 9.17) is 9.98 Å². The van der Waals surface area contributed by atoms with Gasteiger partial charge in [0.15, 0.2) is 0 Å². The summed E-state index contributed by atoms with van der Waals surface area (Å²) in [5.74, 6) is 0. The highest BCUT2D eigenvalue weighted by molar-refractivity contribution is 5.84. The standard InChI is InChI=1S/C36H42N4/c1-2-3-4-5-6-7-8-9-10-19-26-37-32-28-36-34(27-33(32)38-29-20-13-11-14-21-29)39-31-24-17-18-25-35(31)40(36)30-22-15-12-16-23-30/h11-18,20-25,27-28,38H,2-10,19,26H2,1H3. The number of rotatable bonds is 14. The van der Waals surface area contributed by atoms with Crippen molar-refractivity contribution in [1.82, 2.24) is 9.55 Å². The average Bonchev–Trinajstić information content (AvgIpc) is 3.00. The molecule has 0 saturated heterocycles. The zero-order valence-corrected chi connectivity index (χ0v) is 23.9. The Hall–Kier alpha value is -3.92. The van der Waals surface area contributed by atoms with E-state index < -0.39 is 0 Å². The van der Waals surface area contributed by atoms with Crippen LogP contribution in [0.1, 0.15) is 71.1 Å². The van der Waals surface area contributed by atoms with E-state index in [-0.39, 0.29) is 0 Å². The molecule has 1 aliphatic carbocycles. The molecule has 0 unspecified atom stereocenters. The van der Waals surface area contributed by atoms with Crippen LogP contribution in [0, 0.1) is 0 Å². The van der Waals surface area contributed by atoms with Crippen LogP contribution in [0.25, 0.3) is 28.1 Å². The molecule has 1 heterocycles. The first-order chi connectivity index (χ1) is 19.8. The van der Waals surface area contributed by atoms with Crippen LogP contribution in [0.15, 0.2) is 102 Å². The van der Waals surface area contributed by atoms with Gasteiger partial charge in [-0.3, -0.25) is 4.99 Å². The second-order valence-electron chi connectivity index (χ2n) is 10.7. The zero-order valence-electron chi connectivity index (χ0n) is 23.9. The summed E-state index contributed by atoms with van der Waals surface area (Å²) in [5.41, 5.74) is 7.23. The van der Waals surface area contributed by atoms with Crippen molar-refractivity contribution in [2.24, 2.45) is 4.99 Å². The normalized spacial score (nSPS) is 11.9. The quantitative estimate of drug-likeness (QED) is 0.115. The van der Waals surface area contributed by atoms with Crippen LogP contribution in [0.4, 0.5) is 11.4 Å². The van der Waals surface area contributed by atoms with Crippen LogP contribution in [0.3, 0.4) is 0 Å². The molecule has 4 nitrogen and oxygen atoms in total. The Bertz CT molecular complexity index is 1510. The molecule has 4 heteroatoms. The molecule has 0 atom stereocenters. The summed E-state index contributed by atoms with van der Waals surface area (Å²) in [5, 5.41) is 4.60. The van der Waals surface area contributed by atoms with E-state index in [0.29, 0.717) is 0 Å².